The lowest BCUT2D eigenvalue weighted by Crippen LogP contribution is -1.97. The third-order valence-electron chi connectivity index (χ3n) is 3.37. The summed E-state index contributed by atoms with van der Waals surface area (Å²) in [5, 5.41) is 5.58. The smallest absolute Gasteiger partial charge is 0.0811 e. The van der Waals surface area contributed by atoms with E-state index in [0.717, 1.165) is 21.5 Å². The quantitative estimate of drug-likeness (QED) is 0.627. The second-order valence-electron chi connectivity index (χ2n) is 4.99. The fraction of sp³-hybridized carbons (Fsp3) is 0.118. The van der Waals surface area contributed by atoms with Crippen molar-refractivity contribution >= 4 is 38.6 Å². The van der Waals surface area contributed by atoms with Gasteiger partial charge in [-0.3, -0.25) is 0 Å². The normalized spacial score (nSPS) is 10.6. The van der Waals surface area contributed by atoms with Gasteiger partial charge in [0.1, 0.15) is 0 Å². The number of halogens is 1. The van der Waals surface area contributed by atoms with Crippen LogP contribution < -0.4 is 5.32 Å². The first-order valence-corrected chi connectivity index (χ1v) is 8.39. The summed E-state index contributed by atoms with van der Waals surface area (Å²) in [6, 6.07) is 12.6. The summed E-state index contributed by atoms with van der Waals surface area (Å²) in [6.07, 6.45) is 0. The van der Waals surface area contributed by atoms with E-state index in [1.165, 1.54) is 16.7 Å². The third kappa shape index (κ3) is 3.17. The summed E-state index contributed by atoms with van der Waals surface area (Å²) in [5.74, 6) is 0. The van der Waals surface area contributed by atoms with Crippen LogP contribution >= 0.6 is 27.3 Å². The Balaban J connectivity index is 1.94. The monoisotopic (exact) mass is 358 g/mol. The summed E-state index contributed by atoms with van der Waals surface area (Å²) in [7, 11) is 0. The number of nitrogens with zero attached hydrogens (tertiary/aromatic N) is 1. The lowest BCUT2D eigenvalue weighted by atomic mass is 10.0. The molecule has 4 heteroatoms. The van der Waals surface area contributed by atoms with E-state index in [4.69, 9.17) is 0 Å². The van der Waals surface area contributed by atoms with Gasteiger partial charge in [0, 0.05) is 26.8 Å². The Morgan fingerprint density at radius 2 is 1.71 bits per heavy atom. The fourth-order valence-electron chi connectivity index (χ4n) is 2.34. The van der Waals surface area contributed by atoms with E-state index in [2.05, 4.69) is 69.7 Å². The van der Waals surface area contributed by atoms with Gasteiger partial charge in [0.05, 0.1) is 11.2 Å². The molecule has 3 aromatic rings. The van der Waals surface area contributed by atoms with E-state index in [1.807, 2.05) is 17.6 Å². The minimum absolute atomic E-state index is 1.04. The number of hydrogen-bond donors (Lipinski definition) is 1. The molecular formula is C17H15BrN2S. The van der Waals surface area contributed by atoms with Crippen LogP contribution in [0.1, 0.15) is 11.1 Å². The molecule has 106 valence electrons. The summed E-state index contributed by atoms with van der Waals surface area (Å²) in [4.78, 5) is 4.38. The van der Waals surface area contributed by atoms with E-state index < -0.39 is 0 Å². The molecule has 0 atom stereocenters. The van der Waals surface area contributed by atoms with Crippen LogP contribution in [-0.2, 0) is 0 Å². The van der Waals surface area contributed by atoms with Gasteiger partial charge in [-0.2, -0.15) is 0 Å². The highest BCUT2D eigenvalue weighted by atomic mass is 79.9. The zero-order chi connectivity index (χ0) is 14.8. The van der Waals surface area contributed by atoms with Crippen molar-refractivity contribution in [3.8, 4) is 11.3 Å². The average molecular weight is 359 g/mol. The number of aromatic nitrogens is 1. The SMILES string of the molecule is Cc1cc(-c2cscn2)cc(C)c1Nc1ccc(Br)cc1. The van der Waals surface area contributed by atoms with Crippen molar-refractivity contribution in [1.82, 2.24) is 4.98 Å². The maximum Gasteiger partial charge on any atom is 0.0811 e. The first-order valence-electron chi connectivity index (χ1n) is 6.66. The molecule has 0 unspecified atom stereocenters. The van der Waals surface area contributed by atoms with Gasteiger partial charge >= 0.3 is 0 Å². The van der Waals surface area contributed by atoms with E-state index >= 15 is 0 Å². The maximum absolute atomic E-state index is 4.38. The molecule has 0 amide bonds. The Labute approximate surface area is 137 Å². The van der Waals surface area contributed by atoms with E-state index in [0.29, 0.717) is 0 Å². The molecule has 2 nitrogen and oxygen atoms in total. The van der Waals surface area contributed by atoms with Crippen molar-refractivity contribution in [2.75, 3.05) is 5.32 Å². The number of hydrogen-bond acceptors (Lipinski definition) is 3. The molecule has 0 aliphatic heterocycles. The Morgan fingerprint density at radius 1 is 1.05 bits per heavy atom. The van der Waals surface area contributed by atoms with Crippen LogP contribution in [0.2, 0.25) is 0 Å². The molecular weight excluding hydrogens is 344 g/mol. The standard InChI is InChI=1S/C17H15BrN2S/c1-11-7-13(16-9-21-10-19-16)8-12(2)17(11)20-15-5-3-14(18)4-6-15/h3-10,20H,1-2H3. The number of benzene rings is 2. The molecule has 3 rings (SSSR count). The molecule has 0 saturated carbocycles. The number of anilines is 2. The first kappa shape index (κ1) is 14.3. The van der Waals surface area contributed by atoms with Gasteiger partial charge in [0.2, 0.25) is 0 Å². The second-order valence-corrected chi connectivity index (χ2v) is 6.62. The molecule has 0 radical (unpaired) electrons. The molecule has 0 saturated heterocycles. The molecule has 0 fully saturated rings. The summed E-state index contributed by atoms with van der Waals surface area (Å²) < 4.78 is 1.08. The lowest BCUT2D eigenvalue weighted by molar-refractivity contribution is 1.33. The Morgan fingerprint density at radius 3 is 2.29 bits per heavy atom. The van der Waals surface area contributed by atoms with Gasteiger partial charge in [0.25, 0.3) is 0 Å². The predicted molar refractivity (Wildman–Crippen MR) is 94.4 cm³/mol. The Kier molecular flexibility index (Phi) is 4.08. The summed E-state index contributed by atoms with van der Waals surface area (Å²) in [5.41, 5.74) is 8.78. The molecule has 0 bridgehead atoms. The fourth-order valence-corrected chi connectivity index (χ4v) is 3.17. The van der Waals surface area contributed by atoms with Gasteiger partial charge in [0.15, 0.2) is 0 Å². The third-order valence-corrected chi connectivity index (χ3v) is 4.49. The van der Waals surface area contributed by atoms with Crippen LogP contribution in [0.5, 0.6) is 0 Å². The second kappa shape index (κ2) is 6.00. The predicted octanol–water partition coefficient (Wildman–Crippen LogP) is 5.93. The van der Waals surface area contributed by atoms with Crippen LogP contribution in [0.15, 0.2) is 51.8 Å². The molecule has 0 spiro atoms. The minimum Gasteiger partial charge on any atom is -0.355 e. The van der Waals surface area contributed by atoms with Crippen molar-refractivity contribution in [1.29, 1.82) is 0 Å². The number of aryl methyl sites for hydroxylation is 2. The highest BCUT2D eigenvalue weighted by Crippen LogP contribution is 2.30. The Bertz CT molecular complexity index is 726. The van der Waals surface area contributed by atoms with Crippen molar-refractivity contribution in [3.05, 3.63) is 62.9 Å². The van der Waals surface area contributed by atoms with Gasteiger partial charge < -0.3 is 5.32 Å². The first-order chi connectivity index (χ1) is 10.1. The zero-order valence-electron chi connectivity index (χ0n) is 11.9. The number of rotatable bonds is 3. The number of thiazole rings is 1. The molecule has 0 aliphatic rings. The van der Waals surface area contributed by atoms with Gasteiger partial charge in [-0.15, -0.1) is 11.3 Å². The minimum atomic E-state index is 1.04. The van der Waals surface area contributed by atoms with Gasteiger partial charge in [-0.1, -0.05) is 15.9 Å². The largest absolute Gasteiger partial charge is 0.355 e. The average Bonchev–Trinajstić information content (AvgIpc) is 2.99. The number of nitrogens with one attached hydrogen (secondary N) is 1. The van der Waals surface area contributed by atoms with E-state index in [9.17, 15) is 0 Å². The Hall–Kier alpha value is -1.65. The van der Waals surface area contributed by atoms with Gasteiger partial charge in [-0.05, 0) is 61.4 Å². The highest BCUT2D eigenvalue weighted by Gasteiger charge is 2.08. The zero-order valence-corrected chi connectivity index (χ0v) is 14.3. The summed E-state index contributed by atoms with van der Waals surface area (Å²) >= 11 is 5.08. The van der Waals surface area contributed by atoms with Crippen LogP contribution in [0, 0.1) is 13.8 Å². The summed E-state index contributed by atoms with van der Waals surface area (Å²) in [6.45, 7) is 4.26. The van der Waals surface area contributed by atoms with E-state index in [-0.39, 0.29) is 0 Å². The van der Waals surface area contributed by atoms with Gasteiger partial charge in [-0.25, -0.2) is 4.98 Å². The molecule has 0 aliphatic carbocycles. The van der Waals surface area contributed by atoms with Crippen LogP contribution in [-0.4, -0.2) is 4.98 Å². The highest BCUT2D eigenvalue weighted by molar-refractivity contribution is 9.10. The molecule has 2 aromatic carbocycles. The molecule has 21 heavy (non-hydrogen) atoms. The van der Waals surface area contributed by atoms with Crippen molar-refractivity contribution in [2.45, 2.75) is 13.8 Å². The molecule has 1 N–H and O–H groups in total. The van der Waals surface area contributed by atoms with Crippen molar-refractivity contribution < 1.29 is 0 Å². The maximum atomic E-state index is 4.38. The topological polar surface area (TPSA) is 24.9 Å². The van der Waals surface area contributed by atoms with Crippen molar-refractivity contribution in [2.24, 2.45) is 0 Å². The molecule has 1 heterocycles. The van der Waals surface area contributed by atoms with Crippen LogP contribution in [0.3, 0.4) is 0 Å². The molecule has 1 aromatic heterocycles. The van der Waals surface area contributed by atoms with Crippen molar-refractivity contribution in [3.63, 3.8) is 0 Å². The lowest BCUT2D eigenvalue weighted by Gasteiger charge is -2.14. The van der Waals surface area contributed by atoms with Crippen LogP contribution in [0.25, 0.3) is 11.3 Å². The van der Waals surface area contributed by atoms with E-state index in [1.54, 1.807) is 11.3 Å². The van der Waals surface area contributed by atoms with Crippen LogP contribution in [0.4, 0.5) is 11.4 Å².